The van der Waals surface area contributed by atoms with Crippen molar-refractivity contribution in [1.29, 1.82) is 0 Å². The highest BCUT2D eigenvalue weighted by atomic mass is 16.5. The maximum atomic E-state index is 5.60. The van der Waals surface area contributed by atoms with Crippen molar-refractivity contribution in [3.63, 3.8) is 0 Å². The molecule has 3 nitrogen and oxygen atoms in total. The van der Waals surface area contributed by atoms with Crippen molar-refractivity contribution in [2.45, 2.75) is 26.2 Å². The summed E-state index contributed by atoms with van der Waals surface area (Å²) in [7, 11) is 1.70. The summed E-state index contributed by atoms with van der Waals surface area (Å²) in [5.41, 5.74) is 1.39. The Kier molecular flexibility index (Phi) is 9.29. The molecule has 0 saturated heterocycles. The van der Waals surface area contributed by atoms with Crippen LogP contribution in [0.2, 0.25) is 0 Å². The molecule has 3 heteroatoms. The molecule has 0 aliphatic heterocycles. The molecule has 20 heavy (non-hydrogen) atoms. The van der Waals surface area contributed by atoms with Gasteiger partial charge in [-0.25, -0.2) is 0 Å². The van der Waals surface area contributed by atoms with Gasteiger partial charge in [0.05, 0.1) is 13.2 Å². The molecule has 0 radical (unpaired) electrons. The third-order valence-electron chi connectivity index (χ3n) is 3.26. The summed E-state index contributed by atoms with van der Waals surface area (Å²) in [4.78, 5) is 0. The number of methoxy groups -OCH3 is 1. The predicted octanol–water partition coefficient (Wildman–Crippen LogP) is 3.07. The SMILES string of the molecule is COCCOCCC(CNCC(C)C)c1ccccc1. The van der Waals surface area contributed by atoms with Gasteiger partial charge in [-0.15, -0.1) is 0 Å². The first-order valence-corrected chi connectivity index (χ1v) is 7.56. The minimum Gasteiger partial charge on any atom is -0.382 e. The van der Waals surface area contributed by atoms with Crippen molar-refractivity contribution in [3.05, 3.63) is 35.9 Å². The van der Waals surface area contributed by atoms with E-state index in [1.54, 1.807) is 7.11 Å². The van der Waals surface area contributed by atoms with Gasteiger partial charge in [-0.2, -0.15) is 0 Å². The summed E-state index contributed by atoms with van der Waals surface area (Å²) in [5, 5.41) is 3.56. The van der Waals surface area contributed by atoms with Gasteiger partial charge in [0.2, 0.25) is 0 Å². The Hall–Kier alpha value is -0.900. The second kappa shape index (κ2) is 10.8. The summed E-state index contributed by atoms with van der Waals surface area (Å²) in [6.45, 7) is 8.67. The quantitative estimate of drug-likeness (QED) is 0.632. The number of nitrogens with one attached hydrogen (secondary N) is 1. The minimum absolute atomic E-state index is 0.512. The fourth-order valence-electron chi connectivity index (χ4n) is 2.13. The molecule has 1 unspecified atom stereocenters. The van der Waals surface area contributed by atoms with Crippen LogP contribution in [0.5, 0.6) is 0 Å². The number of hydrogen-bond acceptors (Lipinski definition) is 3. The van der Waals surface area contributed by atoms with Crippen molar-refractivity contribution in [1.82, 2.24) is 5.32 Å². The second-order valence-electron chi connectivity index (χ2n) is 5.55. The van der Waals surface area contributed by atoms with E-state index in [0.717, 1.165) is 26.1 Å². The maximum Gasteiger partial charge on any atom is 0.0700 e. The van der Waals surface area contributed by atoms with Crippen LogP contribution in [0.3, 0.4) is 0 Å². The first kappa shape index (κ1) is 17.2. The third-order valence-corrected chi connectivity index (χ3v) is 3.26. The van der Waals surface area contributed by atoms with Crippen LogP contribution >= 0.6 is 0 Å². The van der Waals surface area contributed by atoms with Crippen molar-refractivity contribution >= 4 is 0 Å². The molecule has 0 fully saturated rings. The molecule has 1 rings (SSSR count). The Morgan fingerprint density at radius 2 is 1.75 bits per heavy atom. The van der Waals surface area contributed by atoms with Crippen LogP contribution in [0.4, 0.5) is 0 Å². The van der Waals surface area contributed by atoms with Crippen molar-refractivity contribution in [2.75, 3.05) is 40.0 Å². The molecular formula is C17H29NO2. The molecule has 0 heterocycles. The molecule has 0 bridgehead atoms. The molecule has 0 saturated carbocycles. The zero-order valence-electron chi connectivity index (χ0n) is 13.1. The number of rotatable bonds is 11. The van der Waals surface area contributed by atoms with E-state index >= 15 is 0 Å². The van der Waals surface area contributed by atoms with Gasteiger partial charge in [-0.1, -0.05) is 44.2 Å². The summed E-state index contributed by atoms with van der Waals surface area (Å²) in [6.07, 6.45) is 1.04. The van der Waals surface area contributed by atoms with Gasteiger partial charge in [0.15, 0.2) is 0 Å². The monoisotopic (exact) mass is 279 g/mol. The van der Waals surface area contributed by atoms with Crippen LogP contribution < -0.4 is 5.32 Å². The highest BCUT2D eigenvalue weighted by molar-refractivity contribution is 5.19. The van der Waals surface area contributed by atoms with E-state index in [9.17, 15) is 0 Å². The Morgan fingerprint density at radius 3 is 2.40 bits per heavy atom. The van der Waals surface area contributed by atoms with Crippen LogP contribution in [0, 0.1) is 5.92 Å². The Balaban J connectivity index is 2.39. The van der Waals surface area contributed by atoms with Crippen LogP contribution in [-0.4, -0.2) is 40.0 Å². The molecule has 0 amide bonds. The van der Waals surface area contributed by atoms with Crippen LogP contribution in [0.25, 0.3) is 0 Å². The molecule has 0 aliphatic carbocycles. The van der Waals surface area contributed by atoms with Gasteiger partial charge in [-0.3, -0.25) is 0 Å². The molecule has 0 spiro atoms. The third kappa shape index (κ3) is 7.63. The predicted molar refractivity (Wildman–Crippen MR) is 84.2 cm³/mol. The molecule has 114 valence electrons. The van der Waals surface area contributed by atoms with E-state index in [-0.39, 0.29) is 0 Å². The van der Waals surface area contributed by atoms with Gasteiger partial charge in [0, 0.05) is 20.3 Å². The summed E-state index contributed by atoms with van der Waals surface area (Å²) < 4.78 is 10.6. The topological polar surface area (TPSA) is 30.5 Å². The maximum absolute atomic E-state index is 5.60. The molecule has 1 aromatic rings. The standard InChI is InChI=1S/C17H29NO2/c1-15(2)13-18-14-17(9-10-20-12-11-19-3)16-7-5-4-6-8-16/h4-8,15,17-18H,9-14H2,1-3H3. The van der Waals surface area contributed by atoms with Crippen molar-refractivity contribution < 1.29 is 9.47 Å². The fraction of sp³-hybridized carbons (Fsp3) is 0.647. The molecule has 1 atom stereocenters. The smallest absolute Gasteiger partial charge is 0.0700 e. The molecule has 0 aromatic heterocycles. The highest BCUT2D eigenvalue weighted by Crippen LogP contribution is 2.18. The number of ether oxygens (including phenoxy) is 2. The van der Waals surface area contributed by atoms with Gasteiger partial charge in [-0.05, 0) is 30.4 Å². The summed E-state index contributed by atoms with van der Waals surface area (Å²) >= 11 is 0. The molecular weight excluding hydrogens is 250 g/mol. The first-order valence-electron chi connectivity index (χ1n) is 7.56. The lowest BCUT2D eigenvalue weighted by atomic mass is 9.96. The van der Waals surface area contributed by atoms with E-state index in [1.165, 1.54) is 5.56 Å². The molecule has 1 N–H and O–H groups in total. The van der Waals surface area contributed by atoms with E-state index < -0.39 is 0 Å². The largest absolute Gasteiger partial charge is 0.382 e. The van der Waals surface area contributed by atoms with Gasteiger partial charge in [0.1, 0.15) is 0 Å². The van der Waals surface area contributed by atoms with Gasteiger partial charge in [0.25, 0.3) is 0 Å². The van der Waals surface area contributed by atoms with E-state index in [0.29, 0.717) is 25.0 Å². The van der Waals surface area contributed by atoms with E-state index in [2.05, 4.69) is 49.5 Å². The van der Waals surface area contributed by atoms with E-state index in [4.69, 9.17) is 9.47 Å². The summed E-state index contributed by atoms with van der Waals surface area (Å²) in [6, 6.07) is 10.7. The first-order chi connectivity index (χ1) is 9.74. The zero-order chi connectivity index (χ0) is 14.6. The van der Waals surface area contributed by atoms with Gasteiger partial charge < -0.3 is 14.8 Å². The van der Waals surface area contributed by atoms with Crippen molar-refractivity contribution in [3.8, 4) is 0 Å². The summed E-state index contributed by atoms with van der Waals surface area (Å²) in [5.74, 6) is 1.20. The number of hydrogen-bond donors (Lipinski definition) is 1. The lowest BCUT2D eigenvalue weighted by Crippen LogP contribution is -2.26. The fourth-order valence-corrected chi connectivity index (χ4v) is 2.13. The zero-order valence-corrected chi connectivity index (χ0v) is 13.1. The lowest BCUT2D eigenvalue weighted by Gasteiger charge is -2.19. The Morgan fingerprint density at radius 1 is 1.00 bits per heavy atom. The Labute approximate surface area is 123 Å². The van der Waals surface area contributed by atoms with Gasteiger partial charge >= 0.3 is 0 Å². The normalized spacial score (nSPS) is 12.8. The van der Waals surface area contributed by atoms with Crippen LogP contribution in [0.1, 0.15) is 31.7 Å². The lowest BCUT2D eigenvalue weighted by molar-refractivity contribution is 0.0669. The average Bonchev–Trinajstić information content (AvgIpc) is 2.46. The Bertz CT molecular complexity index is 327. The highest BCUT2D eigenvalue weighted by Gasteiger charge is 2.11. The van der Waals surface area contributed by atoms with E-state index in [1.807, 2.05) is 0 Å². The van der Waals surface area contributed by atoms with Crippen LogP contribution in [-0.2, 0) is 9.47 Å². The minimum atomic E-state index is 0.512. The van der Waals surface area contributed by atoms with Crippen LogP contribution in [0.15, 0.2) is 30.3 Å². The molecule has 1 aromatic carbocycles. The van der Waals surface area contributed by atoms with Crippen molar-refractivity contribution in [2.24, 2.45) is 5.92 Å². The molecule has 0 aliphatic rings. The second-order valence-corrected chi connectivity index (χ2v) is 5.55. The average molecular weight is 279 g/mol. The number of benzene rings is 1.